The summed E-state index contributed by atoms with van der Waals surface area (Å²) in [5, 5.41) is 0. The smallest absolute Gasteiger partial charge is 0.330 e. The van der Waals surface area contributed by atoms with Gasteiger partial charge < -0.3 is 15.0 Å². The lowest BCUT2D eigenvalue weighted by Gasteiger charge is -2.23. The van der Waals surface area contributed by atoms with Crippen LogP contribution in [-0.2, 0) is 14.3 Å². The summed E-state index contributed by atoms with van der Waals surface area (Å²) in [4.78, 5) is 23.6. The molecule has 5 nitrogen and oxygen atoms in total. The SMILES string of the molecule is CCCCCCCCCCCC(=O)OC(=O)C(N)CCCC[N+](C)(C)C. The van der Waals surface area contributed by atoms with E-state index >= 15 is 0 Å². The fourth-order valence-corrected chi connectivity index (χ4v) is 2.89. The molecule has 0 saturated carbocycles. The molecule has 0 saturated heterocycles. The van der Waals surface area contributed by atoms with Crippen molar-refractivity contribution in [2.24, 2.45) is 5.73 Å². The average Bonchev–Trinajstić information content (AvgIpc) is 2.56. The van der Waals surface area contributed by atoms with Gasteiger partial charge in [-0.05, 0) is 25.7 Å². The Morgan fingerprint density at radius 3 is 1.92 bits per heavy atom. The molecule has 0 aromatic heterocycles. The second-order valence-corrected chi connectivity index (χ2v) is 8.49. The number of rotatable bonds is 16. The summed E-state index contributed by atoms with van der Waals surface area (Å²) >= 11 is 0. The first-order chi connectivity index (χ1) is 12.3. The number of hydrogen-bond acceptors (Lipinski definition) is 4. The van der Waals surface area contributed by atoms with E-state index in [0.717, 1.165) is 43.1 Å². The molecule has 0 bridgehead atoms. The largest absolute Gasteiger partial charge is 0.392 e. The van der Waals surface area contributed by atoms with E-state index in [1.165, 1.54) is 38.5 Å². The number of hydrogen-bond donors (Lipinski definition) is 1. The third-order valence-electron chi connectivity index (χ3n) is 4.60. The van der Waals surface area contributed by atoms with Gasteiger partial charge in [0.25, 0.3) is 0 Å². The Kier molecular flexibility index (Phi) is 14.6. The number of esters is 2. The van der Waals surface area contributed by atoms with Gasteiger partial charge in [-0.3, -0.25) is 4.79 Å². The summed E-state index contributed by atoms with van der Waals surface area (Å²) in [6.07, 6.45) is 13.5. The van der Waals surface area contributed by atoms with Crippen LogP contribution in [0.1, 0.15) is 90.4 Å². The van der Waals surface area contributed by atoms with E-state index in [0.29, 0.717) is 12.8 Å². The van der Waals surface area contributed by atoms with Crippen molar-refractivity contribution in [3.63, 3.8) is 0 Å². The van der Waals surface area contributed by atoms with E-state index < -0.39 is 18.0 Å². The molecule has 0 spiro atoms. The lowest BCUT2D eigenvalue weighted by Crippen LogP contribution is -2.36. The first-order valence-corrected chi connectivity index (χ1v) is 10.6. The highest BCUT2D eigenvalue weighted by molar-refractivity contribution is 5.88. The molecule has 0 rings (SSSR count). The van der Waals surface area contributed by atoms with Gasteiger partial charge in [0.2, 0.25) is 0 Å². The standard InChI is InChI=1S/C21H43N2O3/c1-5-6-7-8-9-10-11-12-13-17-20(24)26-21(25)19(22)16-14-15-18-23(2,3)4/h19H,5-18,22H2,1-4H3/q+1. The van der Waals surface area contributed by atoms with Gasteiger partial charge >= 0.3 is 11.9 Å². The molecule has 2 N–H and O–H groups in total. The molecule has 0 aromatic rings. The molecular weight excluding hydrogens is 328 g/mol. The van der Waals surface area contributed by atoms with Crippen LogP contribution in [0, 0.1) is 0 Å². The first-order valence-electron chi connectivity index (χ1n) is 10.6. The van der Waals surface area contributed by atoms with Gasteiger partial charge in [-0.1, -0.05) is 58.3 Å². The highest BCUT2D eigenvalue weighted by Crippen LogP contribution is 2.11. The highest BCUT2D eigenvalue weighted by Gasteiger charge is 2.18. The number of quaternary nitrogens is 1. The van der Waals surface area contributed by atoms with Crippen molar-refractivity contribution in [3.8, 4) is 0 Å². The lowest BCUT2D eigenvalue weighted by molar-refractivity contribution is -0.870. The van der Waals surface area contributed by atoms with Crippen molar-refractivity contribution in [1.29, 1.82) is 0 Å². The number of nitrogens with two attached hydrogens (primary N) is 1. The molecule has 0 aromatic carbocycles. The van der Waals surface area contributed by atoms with Crippen LogP contribution in [0.25, 0.3) is 0 Å². The van der Waals surface area contributed by atoms with Crippen LogP contribution in [0.5, 0.6) is 0 Å². The fraction of sp³-hybridized carbons (Fsp3) is 0.905. The topological polar surface area (TPSA) is 69.4 Å². The number of carbonyl (C=O) groups is 2. The van der Waals surface area contributed by atoms with Gasteiger partial charge in [0.05, 0.1) is 27.7 Å². The molecule has 0 aliphatic heterocycles. The minimum Gasteiger partial charge on any atom is -0.392 e. The first kappa shape index (κ1) is 25.1. The average molecular weight is 372 g/mol. The van der Waals surface area contributed by atoms with Crippen LogP contribution in [0.15, 0.2) is 0 Å². The fourth-order valence-electron chi connectivity index (χ4n) is 2.89. The van der Waals surface area contributed by atoms with E-state index in [2.05, 4.69) is 28.1 Å². The zero-order valence-electron chi connectivity index (χ0n) is 17.7. The number of unbranched alkanes of at least 4 members (excludes halogenated alkanes) is 9. The maximum atomic E-state index is 11.8. The third-order valence-corrected chi connectivity index (χ3v) is 4.60. The molecule has 1 atom stereocenters. The lowest BCUT2D eigenvalue weighted by atomic mass is 10.1. The quantitative estimate of drug-likeness (QED) is 0.191. The van der Waals surface area contributed by atoms with Crippen molar-refractivity contribution in [2.45, 2.75) is 96.4 Å². The minimum atomic E-state index is -0.686. The summed E-state index contributed by atoms with van der Waals surface area (Å²) in [6, 6.07) is -0.686. The van der Waals surface area contributed by atoms with Gasteiger partial charge in [0, 0.05) is 6.42 Å². The summed E-state index contributed by atoms with van der Waals surface area (Å²) in [6.45, 7) is 3.27. The molecule has 26 heavy (non-hydrogen) atoms. The second kappa shape index (κ2) is 15.2. The van der Waals surface area contributed by atoms with Crippen molar-refractivity contribution >= 4 is 11.9 Å². The second-order valence-electron chi connectivity index (χ2n) is 8.49. The van der Waals surface area contributed by atoms with Crippen molar-refractivity contribution in [1.82, 2.24) is 0 Å². The van der Waals surface area contributed by atoms with Crippen molar-refractivity contribution < 1.29 is 18.8 Å². The van der Waals surface area contributed by atoms with Crippen LogP contribution in [0.3, 0.4) is 0 Å². The summed E-state index contributed by atoms with van der Waals surface area (Å²) < 4.78 is 5.78. The van der Waals surface area contributed by atoms with Crippen LogP contribution in [-0.4, -0.2) is 50.2 Å². The van der Waals surface area contributed by atoms with E-state index in [9.17, 15) is 9.59 Å². The maximum Gasteiger partial charge on any atom is 0.330 e. The Balaban J connectivity index is 3.61. The van der Waals surface area contributed by atoms with E-state index in [1.54, 1.807) is 0 Å². The van der Waals surface area contributed by atoms with E-state index in [-0.39, 0.29) is 0 Å². The Morgan fingerprint density at radius 1 is 0.846 bits per heavy atom. The third kappa shape index (κ3) is 16.5. The molecule has 0 heterocycles. The predicted molar refractivity (Wildman–Crippen MR) is 108 cm³/mol. The normalized spacial score (nSPS) is 12.8. The Morgan fingerprint density at radius 2 is 1.38 bits per heavy atom. The van der Waals surface area contributed by atoms with Gasteiger partial charge in [-0.2, -0.15) is 0 Å². The van der Waals surface area contributed by atoms with E-state index in [4.69, 9.17) is 10.5 Å². The Bertz CT molecular complexity index is 378. The number of carbonyl (C=O) groups excluding carboxylic acids is 2. The molecule has 154 valence electrons. The summed E-state index contributed by atoms with van der Waals surface area (Å²) in [7, 11) is 6.41. The van der Waals surface area contributed by atoms with Crippen LogP contribution < -0.4 is 5.73 Å². The molecule has 0 fully saturated rings. The Labute approximate surface area is 161 Å². The summed E-state index contributed by atoms with van der Waals surface area (Å²) in [5.41, 5.74) is 5.83. The maximum absolute atomic E-state index is 11.8. The highest BCUT2D eigenvalue weighted by atomic mass is 16.6. The molecule has 0 aliphatic rings. The molecule has 1 unspecified atom stereocenters. The van der Waals surface area contributed by atoms with Gasteiger partial charge in [0.15, 0.2) is 0 Å². The van der Waals surface area contributed by atoms with Crippen LogP contribution >= 0.6 is 0 Å². The number of nitrogens with zero attached hydrogens (tertiary/aromatic N) is 1. The van der Waals surface area contributed by atoms with Gasteiger partial charge in [-0.15, -0.1) is 0 Å². The minimum absolute atomic E-state index is 0.315. The van der Waals surface area contributed by atoms with Crippen molar-refractivity contribution in [3.05, 3.63) is 0 Å². The summed E-state index contributed by atoms with van der Waals surface area (Å²) in [5.74, 6) is -1.00. The van der Waals surface area contributed by atoms with Crippen LogP contribution in [0.2, 0.25) is 0 Å². The van der Waals surface area contributed by atoms with Crippen LogP contribution in [0.4, 0.5) is 0 Å². The molecule has 0 radical (unpaired) electrons. The monoisotopic (exact) mass is 371 g/mol. The predicted octanol–water partition coefficient (Wildman–Crippen LogP) is 4.18. The zero-order chi connectivity index (χ0) is 19.8. The molecular formula is C21H43N2O3+. The Hall–Kier alpha value is -0.940. The van der Waals surface area contributed by atoms with E-state index in [1.807, 2.05) is 0 Å². The number of ether oxygens (including phenoxy) is 1. The van der Waals surface area contributed by atoms with Gasteiger partial charge in [-0.25, -0.2) is 4.79 Å². The molecule has 0 amide bonds. The van der Waals surface area contributed by atoms with Gasteiger partial charge in [0.1, 0.15) is 6.04 Å². The molecule has 5 heteroatoms. The van der Waals surface area contributed by atoms with Crippen molar-refractivity contribution in [2.75, 3.05) is 27.7 Å². The molecule has 0 aliphatic carbocycles. The zero-order valence-corrected chi connectivity index (χ0v) is 17.7.